The molecule has 0 aromatic carbocycles. The van der Waals surface area contributed by atoms with Crippen molar-refractivity contribution < 1.29 is 14.3 Å². The highest BCUT2D eigenvalue weighted by atomic mass is 32.1. The summed E-state index contributed by atoms with van der Waals surface area (Å²) < 4.78 is 5.55. The molecule has 0 bridgehead atoms. The van der Waals surface area contributed by atoms with Gasteiger partial charge in [0.25, 0.3) is 5.91 Å². The van der Waals surface area contributed by atoms with Gasteiger partial charge in [0, 0.05) is 25.0 Å². The van der Waals surface area contributed by atoms with Crippen molar-refractivity contribution in [2.45, 2.75) is 6.10 Å². The molecule has 7 heteroatoms. The number of thiophene rings is 1. The molecule has 1 saturated heterocycles. The van der Waals surface area contributed by atoms with Crippen LogP contribution in [0.25, 0.3) is 0 Å². The summed E-state index contributed by atoms with van der Waals surface area (Å²) in [5, 5.41) is 4.39. The minimum atomic E-state index is -0.521. The average molecular weight is 283 g/mol. The molecular weight excluding hydrogens is 266 g/mol. The van der Waals surface area contributed by atoms with Crippen LogP contribution in [0.2, 0.25) is 0 Å². The lowest BCUT2D eigenvalue weighted by Gasteiger charge is -2.30. The summed E-state index contributed by atoms with van der Waals surface area (Å²) in [5.74, 6) is -0.720. The molecule has 1 aromatic heterocycles. The third-order valence-corrected chi connectivity index (χ3v) is 3.87. The maximum absolute atomic E-state index is 11.9. The molecule has 1 atom stereocenters. The summed E-state index contributed by atoms with van der Waals surface area (Å²) in [6, 6.07) is 1.51. The molecule has 1 fully saturated rings. The molecule has 6 nitrogen and oxygen atoms in total. The quantitative estimate of drug-likeness (QED) is 0.808. The van der Waals surface area contributed by atoms with E-state index >= 15 is 0 Å². The number of carbonyl (C=O) groups is 2. The topological polar surface area (TPSA) is 84.7 Å². The smallest absolute Gasteiger partial charge is 0.261 e. The summed E-state index contributed by atoms with van der Waals surface area (Å²) in [4.78, 5) is 25.5. The van der Waals surface area contributed by atoms with E-state index in [2.05, 4.69) is 10.2 Å². The van der Waals surface area contributed by atoms with Crippen molar-refractivity contribution in [3.63, 3.8) is 0 Å². The van der Waals surface area contributed by atoms with E-state index < -0.39 is 5.91 Å². The molecule has 2 amide bonds. The number of carbonyl (C=O) groups excluding carboxylic acids is 2. The van der Waals surface area contributed by atoms with Gasteiger partial charge < -0.3 is 20.7 Å². The van der Waals surface area contributed by atoms with Gasteiger partial charge in [0.1, 0.15) is 0 Å². The Bertz CT molecular complexity index is 475. The molecule has 0 radical (unpaired) electrons. The average Bonchev–Trinajstić information content (AvgIpc) is 2.86. The highest BCUT2D eigenvalue weighted by Crippen LogP contribution is 2.14. The first-order chi connectivity index (χ1) is 9.06. The highest BCUT2D eigenvalue weighted by molar-refractivity contribution is 7.12. The van der Waals surface area contributed by atoms with E-state index in [1.54, 1.807) is 5.38 Å². The summed E-state index contributed by atoms with van der Waals surface area (Å²) >= 11 is 1.21. The Morgan fingerprint density at radius 1 is 1.63 bits per heavy atom. The van der Waals surface area contributed by atoms with Crippen LogP contribution in [0.1, 0.15) is 20.0 Å². The Balaban J connectivity index is 1.85. The van der Waals surface area contributed by atoms with Crippen LogP contribution in [0, 0.1) is 0 Å². The van der Waals surface area contributed by atoms with Gasteiger partial charge in [-0.3, -0.25) is 9.59 Å². The van der Waals surface area contributed by atoms with E-state index in [4.69, 9.17) is 10.5 Å². The molecule has 2 heterocycles. The Hall–Kier alpha value is -1.44. The van der Waals surface area contributed by atoms with Crippen LogP contribution in [0.4, 0.5) is 0 Å². The maximum atomic E-state index is 11.9. The molecule has 1 unspecified atom stereocenters. The number of morpholine rings is 1. The molecule has 0 aliphatic carbocycles. The van der Waals surface area contributed by atoms with Gasteiger partial charge in [-0.25, -0.2) is 0 Å². The largest absolute Gasteiger partial charge is 0.374 e. The Labute approximate surface area is 115 Å². The number of hydrogen-bond donors (Lipinski definition) is 2. The van der Waals surface area contributed by atoms with E-state index in [-0.39, 0.29) is 12.0 Å². The first-order valence-corrected chi connectivity index (χ1v) is 6.91. The van der Waals surface area contributed by atoms with E-state index in [1.807, 2.05) is 7.05 Å². The van der Waals surface area contributed by atoms with Gasteiger partial charge in [-0.2, -0.15) is 0 Å². The van der Waals surface area contributed by atoms with Crippen molar-refractivity contribution >= 4 is 23.2 Å². The molecule has 0 spiro atoms. The van der Waals surface area contributed by atoms with Gasteiger partial charge in [0.15, 0.2) is 0 Å². The summed E-state index contributed by atoms with van der Waals surface area (Å²) in [6.07, 6.45) is 0.0123. The first-order valence-electron chi connectivity index (χ1n) is 6.03. The van der Waals surface area contributed by atoms with Crippen LogP contribution in [0.5, 0.6) is 0 Å². The van der Waals surface area contributed by atoms with Crippen molar-refractivity contribution in [1.29, 1.82) is 0 Å². The Morgan fingerprint density at radius 2 is 2.42 bits per heavy atom. The number of primary amides is 1. The number of nitrogens with two attached hydrogens (primary N) is 1. The zero-order valence-electron chi connectivity index (χ0n) is 10.7. The predicted octanol–water partition coefficient (Wildman–Crippen LogP) is -0.0926. The minimum absolute atomic E-state index is 0.0123. The van der Waals surface area contributed by atoms with Gasteiger partial charge in [-0.15, -0.1) is 11.3 Å². The van der Waals surface area contributed by atoms with Crippen LogP contribution < -0.4 is 11.1 Å². The second-order valence-corrected chi connectivity index (χ2v) is 5.44. The van der Waals surface area contributed by atoms with Crippen molar-refractivity contribution in [1.82, 2.24) is 10.2 Å². The van der Waals surface area contributed by atoms with Crippen LogP contribution in [-0.4, -0.2) is 56.1 Å². The van der Waals surface area contributed by atoms with E-state index in [0.29, 0.717) is 23.6 Å². The Morgan fingerprint density at radius 3 is 3.05 bits per heavy atom. The molecular formula is C12H17N3O3S. The van der Waals surface area contributed by atoms with Crippen LogP contribution >= 0.6 is 11.3 Å². The van der Waals surface area contributed by atoms with Crippen LogP contribution in [0.15, 0.2) is 11.4 Å². The number of nitrogens with zero attached hydrogens (tertiary/aromatic N) is 1. The number of likely N-dealkylation sites (N-methyl/N-ethyl adjacent to an activating group) is 1. The van der Waals surface area contributed by atoms with Crippen molar-refractivity contribution in [3.8, 4) is 0 Å². The van der Waals surface area contributed by atoms with E-state index in [1.165, 1.54) is 17.4 Å². The lowest BCUT2D eigenvalue weighted by molar-refractivity contribution is -0.0174. The molecule has 3 N–H and O–H groups in total. The number of hydrogen-bond acceptors (Lipinski definition) is 5. The van der Waals surface area contributed by atoms with Crippen LogP contribution in [-0.2, 0) is 4.74 Å². The fraction of sp³-hybridized carbons (Fsp3) is 0.500. The van der Waals surface area contributed by atoms with E-state index in [9.17, 15) is 9.59 Å². The number of ether oxygens (including phenoxy) is 1. The molecule has 1 aliphatic heterocycles. The number of rotatable bonds is 4. The normalized spacial score (nSPS) is 20.2. The lowest BCUT2D eigenvalue weighted by atomic mass is 10.2. The highest BCUT2D eigenvalue weighted by Gasteiger charge is 2.19. The third-order valence-electron chi connectivity index (χ3n) is 2.94. The minimum Gasteiger partial charge on any atom is -0.374 e. The molecule has 0 saturated carbocycles. The third kappa shape index (κ3) is 3.76. The summed E-state index contributed by atoms with van der Waals surface area (Å²) in [5.41, 5.74) is 5.51. The molecule has 1 aromatic rings. The second kappa shape index (κ2) is 6.14. The lowest BCUT2D eigenvalue weighted by Crippen LogP contribution is -2.45. The summed E-state index contributed by atoms with van der Waals surface area (Å²) in [7, 11) is 2.02. The zero-order chi connectivity index (χ0) is 13.8. The SMILES string of the molecule is CN1CCOC(CNC(=O)c2cc(C(N)=O)cs2)C1. The molecule has 104 valence electrons. The van der Waals surface area contributed by atoms with Gasteiger partial charge in [0.05, 0.1) is 23.2 Å². The molecule has 1 aliphatic rings. The molecule has 19 heavy (non-hydrogen) atoms. The predicted molar refractivity (Wildman–Crippen MR) is 72.4 cm³/mol. The fourth-order valence-corrected chi connectivity index (χ4v) is 2.68. The van der Waals surface area contributed by atoms with Gasteiger partial charge >= 0.3 is 0 Å². The molecule has 2 rings (SSSR count). The summed E-state index contributed by atoms with van der Waals surface area (Å²) in [6.45, 7) is 2.86. The van der Waals surface area contributed by atoms with Gasteiger partial charge in [0.2, 0.25) is 5.91 Å². The zero-order valence-corrected chi connectivity index (χ0v) is 11.5. The monoisotopic (exact) mass is 283 g/mol. The van der Waals surface area contributed by atoms with E-state index in [0.717, 1.165) is 13.1 Å². The number of amides is 2. The first kappa shape index (κ1) is 14.0. The van der Waals surface area contributed by atoms with Crippen LogP contribution in [0.3, 0.4) is 0 Å². The standard InChI is InChI=1S/C12H17N3O3S/c1-15-2-3-18-9(6-15)5-14-12(17)10-4-8(7-19-10)11(13)16/h4,7,9H,2-3,5-6H2,1H3,(H2,13,16)(H,14,17). The van der Waals surface area contributed by atoms with Crippen molar-refractivity contribution in [2.24, 2.45) is 5.73 Å². The maximum Gasteiger partial charge on any atom is 0.261 e. The van der Waals surface area contributed by atoms with Gasteiger partial charge in [-0.1, -0.05) is 0 Å². The van der Waals surface area contributed by atoms with Gasteiger partial charge in [-0.05, 0) is 13.1 Å². The van der Waals surface area contributed by atoms with Crippen molar-refractivity contribution in [3.05, 3.63) is 21.9 Å². The Kier molecular flexibility index (Phi) is 4.52. The number of nitrogens with one attached hydrogen (secondary N) is 1. The van der Waals surface area contributed by atoms with Crippen molar-refractivity contribution in [2.75, 3.05) is 33.3 Å². The fourth-order valence-electron chi connectivity index (χ4n) is 1.87. The second-order valence-electron chi connectivity index (χ2n) is 4.53.